The summed E-state index contributed by atoms with van der Waals surface area (Å²) in [5, 5.41) is 2.95. The summed E-state index contributed by atoms with van der Waals surface area (Å²) in [6.45, 7) is 0.112. The summed E-state index contributed by atoms with van der Waals surface area (Å²) < 4.78 is 14.9. The molecule has 1 aliphatic carbocycles. The molecular formula is C21H18ClNO8. The molecule has 9 nitrogen and oxygen atoms in total. The molecule has 0 radical (unpaired) electrons. The van der Waals surface area contributed by atoms with Crippen LogP contribution in [0.15, 0.2) is 34.7 Å². The first-order chi connectivity index (χ1) is 14.5. The standard InChI is InChI=1S/C21H17NO8.ClH/c23-15(9-17(24)28-10-29-21(27)14-6-3-7-22-14)16-8-13-18(25)11-4-1-2-5-12(11)19(26)20(13)30-16;/h1-2,4-5,8,14,22H,3,6-7,9-10H2;1H. The van der Waals surface area contributed by atoms with Crippen molar-refractivity contribution in [3.63, 3.8) is 0 Å². The minimum absolute atomic E-state index is 0. The van der Waals surface area contributed by atoms with Crippen molar-refractivity contribution in [1.82, 2.24) is 5.32 Å². The van der Waals surface area contributed by atoms with Crippen LogP contribution in [0.1, 0.15) is 61.9 Å². The number of carbonyl (C=O) groups is 5. The molecule has 0 bridgehead atoms. The molecule has 2 aromatic rings. The fourth-order valence-corrected chi connectivity index (χ4v) is 3.42. The van der Waals surface area contributed by atoms with Crippen LogP contribution in [0, 0.1) is 0 Å². The van der Waals surface area contributed by atoms with Crippen molar-refractivity contribution in [3.05, 3.63) is 58.5 Å². The summed E-state index contributed by atoms with van der Waals surface area (Å²) in [7, 11) is 0. The van der Waals surface area contributed by atoms with Gasteiger partial charge in [0, 0.05) is 11.1 Å². The molecule has 0 saturated carbocycles. The van der Waals surface area contributed by atoms with E-state index >= 15 is 0 Å². The van der Waals surface area contributed by atoms with Gasteiger partial charge in [-0.2, -0.15) is 0 Å². The Hall–Kier alpha value is -3.30. The van der Waals surface area contributed by atoms with Crippen molar-refractivity contribution in [2.24, 2.45) is 0 Å². The van der Waals surface area contributed by atoms with Gasteiger partial charge < -0.3 is 19.2 Å². The smallest absolute Gasteiger partial charge is 0.326 e. The third-order valence-corrected chi connectivity index (χ3v) is 4.94. The Bertz CT molecular complexity index is 1010. The van der Waals surface area contributed by atoms with Crippen molar-refractivity contribution in [3.8, 4) is 0 Å². The maximum absolute atomic E-state index is 12.6. The number of furan rings is 1. The second-order valence-corrected chi connectivity index (χ2v) is 6.90. The van der Waals surface area contributed by atoms with Gasteiger partial charge in [-0.25, -0.2) is 0 Å². The average Bonchev–Trinajstić information content (AvgIpc) is 3.42. The van der Waals surface area contributed by atoms with E-state index < -0.39 is 48.5 Å². The van der Waals surface area contributed by atoms with Gasteiger partial charge in [0.15, 0.2) is 17.3 Å². The molecule has 1 aliphatic heterocycles. The van der Waals surface area contributed by atoms with Crippen LogP contribution in [0.3, 0.4) is 0 Å². The summed E-state index contributed by atoms with van der Waals surface area (Å²) in [6.07, 6.45) is 0.813. The normalized spacial score (nSPS) is 16.7. The number of hydrogen-bond donors (Lipinski definition) is 1. The number of halogens is 1. The van der Waals surface area contributed by atoms with Crippen LogP contribution in [0.5, 0.6) is 0 Å². The largest absolute Gasteiger partial charge is 0.449 e. The molecule has 2 heterocycles. The van der Waals surface area contributed by atoms with Gasteiger partial charge in [-0.3, -0.25) is 24.0 Å². The molecule has 31 heavy (non-hydrogen) atoms. The van der Waals surface area contributed by atoms with Gasteiger partial charge in [0.1, 0.15) is 12.5 Å². The molecule has 1 aromatic heterocycles. The first-order valence-electron chi connectivity index (χ1n) is 9.37. The van der Waals surface area contributed by atoms with Gasteiger partial charge in [0.25, 0.3) is 0 Å². The Morgan fingerprint density at radius 3 is 2.42 bits per heavy atom. The van der Waals surface area contributed by atoms with Crippen molar-refractivity contribution < 1.29 is 37.9 Å². The van der Waals surface area contributed by atoms with Crippen molar-refractivity contribution in [2.75, 3.05) is 13.3 Å². The van der Waals surface area contributed by atoms with E-state index in [-0.39, 0.29) is 40.6 Å². The monoisotopic (exact) mass is 447 g/mol. The predicted octanol–water partition coefficient (Wildman–Crippen LogP) is 1.85. The second kappa shape index (κ2) is 9.23. The first kappa shape index (κ1) is 22.4. The second-order valence-electron chi connectivity index (χ2n) is 6.90. The zero-order valence-corrected chi connectivity index (χ0v) is 17.0. The lowest BCUT2D eigenvalue weighted by atomic mass is 9.88. The van der Waals surface area contributed by atoms with E-state index in [1.807, 2.05) is 0 Å². The number of fused-ring (bicyclic) bond motifs is 2. The Morgan fingerprint density at radius 1 is 1.03 bits per heavy atom. The van der Waals surface area contributed by atoms with Gasteiger partial charge in [0.05, 0.1) is 5.56 Å². The van der Waals surface area contributed by atoms with Gasteiger partial charge in [-0.1, -0.05) is 24.3 Å². The number of ketones is 3. The van der Waals surface area contributed by atoms with Gasteiger partial charge >= 0.3 is 11.9 Å². The van der Waals surface area contributed by atoms with Crippen molar-refractivity contribution in [2.45, 2.75) is 25.3 Å². The number of rotatable bonds is 6. The molecule has 1 atom stereocenters. The summed E-state index contributed by atoms with van der Waals surface area (Å²) in [5.41, 5.74) is 0.405. The van der Waals surface area contributed by atoms with Crippen LogP contribution in [-0.2, 0) is 19.1 Å². The summed E-state index contributed by atoms with van der Waals surface area (Å²) >= 11 is 0. The van der Waals surface area contributed by atoms with E-state index in [2.05, 4.69) is 5.32 Å². The highest BCUT2D eigenvalue weighted by atomic mass is 35.5. The number of nitrogens with one attached hydrogen (secondary N) is 1. The predicted molar refractivity (Wildman–Crippen MR) is 106 cm³/mol. The van der Waals surface area contributed by atoms with E-state index in [1.54, 1.807) is 12.1 Å². The third kappa shape index (κ3) is 4.42. The van der Waals surface area contributed by atoms with E-state index in [4.69, 9.17) is 13.9 Å². The molecule has 1 aromatic carbocycles. The molecule has 1 saturated heterocycles. The molecule has 10 heteroatoms. The molecule has 2 aliphatic rings. The van der Waals surface area contributed by atoms with Gasteiger partial charge in [0.2, 0.25) is 18.4 Å². The molecular weight excluding hydrogens is 430 g/mol. The lowest BCUT2D eigenvalue weighted by molar-refractivity contribution is -0.167. The molecule has 1 unspecified atom stereocenters. The summed E-state index contributed by atoms with van der Waals surface area (Å²) in [6, 6.07) is 7.02. The van der Waals surface area contributed by atoms with Crippen LogP contribution < -0.4 is 5.32 Å². The Morgan fingerprint density at radius 2 is 1.74 bits per heavy atom. The molecule has 1 N–H and O–H groups in total. The minimum atomic E-state index is -0.928. The first-order valence-corrected chi connectivity index (χ1v) is 9.37. The number of carbonyl (C=O) groups excluding carboxylic acids is 5. The molecule has 4 rings (SSSR count). The highest BCUT2D eigenvalue weighted by Crippen LogP contribution is 2.30. The van der Waals surface area contributed by atoms with Crippen LogP contribution in [0.4, 0.5) is 0 Å². The molecule has 0 spiro atoms. The van der Waals surface area contributed by atoms with E-state index in [0.29, 0.717) is 6.42 Å². The van der Waals surface area contributed by atoms with Crippen LogP contribution >= 0.6 is 12.4 Å². The number of ether oxygens (including phenoxy) is 2. The zero-order chi connectivity index (χ0) is 21.3. The average molecular weight is 448 g/mol. The number of Topliss-reactive ketones (excluding diaryl/α,β-unsaturated/α-hetero) is 1. The minimum Gasteiger partial charge on any atom is -0.449 e. The summed E-state index contributed by atoms with van der Waals surface area (Å²) in [5.74, 6) is -3.67. The highest BCUT2D eigenvalue weighted by molar-refractivity contribution is 6.28. The third-order valence-electron chi connectivity index (χ3n) is 4.94. The maximum Gasteiger partial charge on any atom is 0.326 e. The van der Waals surface area contributed by atoms with Crippen molar-refractivity contribution in [1.29, 1.82) is 0 Å². The number of esters is 2. The van der Waals surface area contributed by atoms with Gasteiger partial charge in [-0.05, 0) is 25.5 Å². The highest BCUT2D eigenvalue weighted by Gasteiger charge is 2.34. The Kier molecular flexibility index (Phi) is 6.67. The quantitative estimate of drug-likeness (QED) is 0.260. The SMILES string of the molecule is Cl.O=C(CC(=O)c1cc2c(o1)C(=O)c1ccccc1C2=O)OCOC(=O)C1CCCN1. The Labute approximate surface area is 182 Å². The van der Waals surface area contributed by atoms with E-state index in [9.17, 15) is 24.0 Å². The van der Waals surface area contributed by atoms with Crippen molar-refractivity contribution >= 4 is 41.7 Å². The van der Waals surface area contributed by atoms with Crippen LogP contribution in [0.2, 0.25) is 0 Å². The van der Waals surface area contributed by atoms with E-state index in [0.717, 1.165) is 19.0 Å². The fraction of sp³-hybridized carbons (Fsp3) is 0.286. The topological polar surface area (TPSA) is 129 Å². The van der Waals surface area contributed by atoms with Gasteiger partial charge in [-0.15, -0.1) is 12.4 Å². The number of benzene rings is 1. The van der Waals surface area contributed by atoms with Crippen LogP contribution in [-0.4, -0.2) is 48.7 Å². The Balaban J connectivity index is 0.00000272. The zero-order valence-electron chi connectivity index (χ0n) is 16.2. The fourth-order valence-electron chi connectivity index (χ4n) is 3.42. The van der Waals surface area contributed by atoms with E-state index in [1.165, 1.54) is 12.1 Å². The summed E-state index contributed by atoms with van der Waals surface area (Å²) in [4.78, 5) is 61.0. The molecule has 1 fully saturated rings. The lowest BCUT2D eigenvalue weighted by Crippen LogP contribution is -2.33. The molecule has 0 amide bonds. The lowest BCUT2D eigenvalue weighted by Gasteiger charge is -2.11. The maximum atomic E-state index is 12.6. The molecule has 162 valence electrons. The van der Waals surface area contributed by atoms with Crippen LogP contribution in [0.25, 0.3) is 0 Å². The number of hydrogen-bond acceptors (Lipinski definition) is 9.